The molecule has 0 spiro atoms. The van der Waals surface area contributed by atoms with Gasteiger partial charge in [-0.25, -0.2) is 0 Å². The molecule has 3 aliphatic rings. The maximum absolute atomic E-state index is 13.7. The number of methoxy groups -OCH3 is 1. The minimum atomic E-state index is -1.53. The predicted molar refractivity (Wildman–Crippen MR) is 287 cm³/mol. The first-order valence-electron chi connectivity index (χ1n) is 28.6. The smallest absolute Gasteiger partial charge is 0.230 e. The van der Waals surface area contributed by atoms with Gasteiger partial charge in [0.1, 0.15) is 48.6 Å². The number of nitrogens with one attached hydrogen (secondary N) is 5. The monoisotopic (exact) mass is 1190 g/mol. The molecule has 3 fully saturated rings. The quantitative estimate of drug-likeness (QED) is 0.0202. The minimum absolute atomic E-state index is 0.121. The van der Waals surface area contributed by atoms with Crippen molar-refractivity contribution in [3.05, 3.63) is 0 Å². The van der Waals surface area contributed by atoms with Gasteiger partial charge < -0.3 is 120 Å². The fraction of sp³-hybridized carbons (Fsp3) is 0.906. The van der Waals surface area contributed by atoms with Crippen LogP contribution in [0.15, 0.2) is 0 Å². The van der Waals surface area contributed by atoms with Crippen LogP contribution in [0.5, 0.6) is 0 Å². The van der Waals surface area contributed by atoms with Crippen molar-refractivity contribution in [3.8, 4) is 0 Å². The van der Waals surface area contributed by atoms with E-state index in [2.05, 4.69) is 26.6 Å². The third kappa shape index (κ3) is 26.5. The molecule has 29 nitrogen and oxygen atoms in total. The Morgan fingerprint density at radius 1 is 0.415 bits per heavy atom. The molecule has 3 aliphatic heterocycles. The molecule has 6 unspecified atom stereocenters. The van der Waals surface area contributed by atoms with Crippen LogP contribution in [0, 0.1) is 17.8 Å². The molecule has 15 atom stereocenters. The molecule has 3 heterocycles. The third-order valence-corrected chi connectivity index (χ3v) is 14.2. The molecule has 3 rings (SSSR count). The molecule has 0 aromatic rings. The Balaban J connectivity index is 1.60. The van der Waals surface area contributed by atoms with Gasteiger partial charge in [0.2, 0.25) is 29.5 Å². The SMILES string of the molecule is COCCCCCCNC(=O)CC(=O)NC(COCCC(=O)NCCCO[C@@H]1OC(CO)[C@H](O)[C@H](O)C1C)(COCCC(=O)NCCCO[C@@H]1OC(CO)[C@H](O)[C@H](O)C1C)COCCC(=O)NCCCO[C@@H]1OC(CO)[C@H](O)[C@H](O)C1C. The molecule has 14 N–H and O–H groups in total. The largest absolute Gasteiger partial charge is 0.394 e. The number of aliphatic hydroxyl groups excluding tert-OH is 9. The Morgan fingerprint density at radius 3 is 1.09 bits per heavy atom. The first-order chi connectivity index (χ1) is 39.3. The summed E-state index contributed by atoms with van der Waals surface area (Å²) in [6.07, 6.45) is -9.59. The summed E-state index contributed by atoms with van der Waals surface area (Å²) < 4.78 is 56.9. The van der Waals surface area contributed by atoms with Crippen molar-refractivity contribution in [2.75, 3.05) is 119 Å². The summed E-state index contributed by atoms with van der Waals surface area (Å²) in [5, 5.41) is 104. The Labute approximate surface area is 480 Å². The van der Waals surface area contributed by atoms with Crippen molar-refractivity contribution >= 4 is 29.5 Å². The highest BCUT2D eigenvalue weighted by molar-refractivity contribution is 5.97. The highest BCUT2D eigenvalue weighted by atomic mass is 16.7. The van der Waals surface area contributed by atoms with E-state index in [9.17, 15) is 69.9 Å². The fourth-order valence-corrected chi connectivity index (χ4v) is 9.03. The van der Waals surface area contributed by atoms with E-state index >= 15 is 0 Å². The molecule has 0 saturated carbocycles. The number of ether oxygens (including phenoxy) is 10. The van der Waals surface area contributed by atoms with Gasteiger partial charge in [-0.1, -0.05) is 33.6 Å². The molecular formula is C53H97N5O24. The van der Waals surface area contributed by atoms with Gasteiger partial charge in [-0.05, 0) is 32.1 Å². The Kier molecular flexibility index (Phi) is 36.3. The van der Waals surface area contributed by atoms with Crippen molar-refractivity contribution < 1.29 is 117 Å². The molecule has 0 aliphatic carbocycles. The summed E-state index contributed by atoms with van der Waals surface area (Å²) >= 11 is 0. The lowest BCUT2D eigenvalue weighted by molar-refractivity contribution is -0.282. The Bertz CT molecular complexity index is 1630. The summed E-state index contributed by atoms with van der Waals surface area (Å²) in [6.45, 7) is 3.94. The van der Waals surface area contributed by atoms with Gasteiger partial charge in [0.05, 0.1) is 97.6 Å². The summed E-state index contributed by atoms with van der Waals surface area (Å²) in [7, 11) is 1.62. The molecule has 0 radical (unpaired) electrons. The molecule has 29 heteroatoms. The minimum Gasteiger partial charge on any atom is -0.394 e. The van der Waals surface area contributed by atoms with E-state index in [0.717, 1.165) is 19.3 Å². The third-order valence-electron chi connectivity index (χ3n) is 14.2. The normalized spacial score (nSPS) is 29.1. The van der Waals surface area contributed by atoms with Crippen LogP contribution in [-0.4, -0.2) is 274 Å². The van der Waals surface area contributed by atoms with Crippen LogP contribution >= 0.6 is 0 Å². The Hall–Kier alpha value is -3.41. The van der Waals surface area contributed by atoms with Crippen molar-refractivity contribution in [1.29, 1.82) is 0 Å². The zero-order valence-electron chi connectivity index (χ0n) is 48.1. The highest BCUT2D eigenvalue weighted by Gasteiger charge is 2.45. The number of unbranched alkanes of at least 4 members (excludes halogenated alkanes) is 3. The summed E-state index contributed by atoms with van der Waals surface area (Å²) in [5.74, 6) is -4.15. The van der Waals surface area contributed by atoms with E-state index in [-0.39, 0.29) is 116 Å². The van der Waals surface area contributed by atoms with E-state index in [1.807, 2.05) is 0 Å². The second kappa shape index (κ2) is 40.8. The molecule has 5 amide bonds. The lowest BCUT2D eigenvalue weighted by atomic mass is 9.92. The number of amides is 5. The van der Waals surface area contributed by atoms with Crippen molar-refractivity contribution in [3.63, 3.8) is 0 Å². The zero-order chi connectivity index (χ0) is 60.5. The molecule has 0 aromatic carbocycles. The molecular weight excluding hydrogens is 1090 g/mol. The van der Waals surface area contributed by atoms with Crippen LogP contribution in [-0.2, 0) is 71.3 Å². The number of carbonyl (C=O) groups is 5. The zero-order valence-corrected chi connectivity index (χ0v) is 48.1. The maximum Gasteiger partial charge on any atom is 0.230 e. The second-order valence-electron chi connectivity index (χ2n) is 21.1. The fourth-order valence-electron chi connectivity index (χ4n) is 9.03. The van der Waals surface area contributed by atoms with E-state index in [4.69, 9.17) is 47.4 Å². The molecule has 3 saturated heterocycles. The van der Waals surface area contributed by atoms with Gasteiger partial charge in [0, 0.05) is 76.9 Å². The summed E-state index contributed by atoms with van der Waals surface area (Å²) in [5.41, 5.74) is -1.53. The van der Waals surface area contributed by atoms with E-state index < -0.39 is 135 Å². The lowest BCUT2D eigenvalue weighted by Crippen LogP contribution is -2.59. The van der Waals surface area contributed by atoms with E-state index in [1.165, 1.54) is 0 Å². The van der Waals surface area contributed by atoms with E-state index in [1.54, 1.807) is 27.9 Å². The van der Waals surface area contributed by atoms with Gasteiger partial charge in [-0.2, -0.15) is 0 Å². The first kappa shape index (κ1) is 72.8. The average molecular weight is 1190 g/mol. The van der Waals surface area contributed by atoms with Crippen LogP contribution in [0.25, 0.3) is 0 Å². The van der Waals surface area contributed by atoms with Crippen LogP contribution in [0.3, 0.4) is 0 Å². The number of hydrogen-bond donors (Lipinski definition) is 14. The van der Waals surface area contributed by atoms with Crippen molar-refractivity contribution in [2.24, 2.45) is 17.8 Å². The second-order valence-corrected chi connectivity index (χ2v) is 21.1. The van der Waals surface area contributed by atoms with Crippen LogP contribution in [0.4, 0.5) is 0 Å². The predicted octanol–water partition coefficient (Wildman–Crippen LogP) is -4.43. The molecule has 82 heavy (non-hydrogen) atoms. The highest BCUT2D eigenvalue weighted by Crippen LogP contribution is 2.29. The lowest BCUT2D eigenvalue weighted by Gasteiger charge is -2.40. The van der Waals surface area contributed by atoms with Crippen molar-refractivity contribution in [2.45, 2.75) is 171 Å². The van der Waals surface area contributed by atoms with Crippen LogP contribution in [0.1, 0.15) is 91.4 Å². The first-order valence-corrected chi connectivity index (χ1v) is 28.6. The molecule has 0 aromatic heterocycles. The standard InChI is InChI=1S/C53H97N5O24/c1-33-44(67)47(70)36(27-59)80-50(33)77-20-9-16-54-39(62)12-23-74-30-53(58-43(66)26-42(65)57-15-7-5-6-8-19-73-4,31-75-24-13-40(63)55-17-10-21-78-51-34(2)45(68)48(71)37(28-60)81-51)32-76-25-14-41(64)56-18-11-22-79-52-35(3)46(69)49(72)38(29-61)82-52/h33-38,44-52,59-61,67-72H,5-32H2,1-4H3,(H,54,62)(H,55,63)(H,56,64)(H,57,65)(H,58,66)/t33?,34?,35?,36?,37?,38?,44-,45-,46-,47+,48+,49+,50-,51-,52-,53?/m1/s1. The van der Waals surface area contributed by atoms with Gasteiger partial charge in [-0.15, -0.1) is 0 Å². The van der Waals surface area contributed by atoms with Gasteiger partial charge in [0.15, 0.2) is 18.9 Å². The van der Waals surface area contributed by atoms with E-state index in [0.29, 0.717) is 38.8 Å². The van der Waals surface area contributed by atoms with Crippen LogP contribution < -0.4 is 26.6 Å². The van der Waals surface area contributed by atoms with Gasteiger partial charge in [0.25, 0.3) is 0 Å². The topological polar surface area (TPSA) is 420 Å². The average Bonchev–Trinajstić information content (AvgIpc) is 3.47. The Morgan fingerprint density at radius 2 is 0.744 bits per heavy atom. The molecule has 0 bridgehead atoms. The number of rotatable bonds is 43. The number of hydrogen-bond acceptors (Lipinski definition) is 24. The molecule has 478 valence electrons. The summed E-state index contributed by atoms with van der Waals surface area (Å²) in [4.78, 5) is 65.3. The van der Waals surface area contributed by atoms with Gasteiger partial charge >= 0.3 is 0 Å². The summed E-state index contributed by atoms with van der Waals surface area (Å²) in [6, 6.07) is 0. The van der Waals surface area contributed by atoms with Crippen molar-refractivity contribution in [1.82, 2.24) is 26.6 Å². The number of carbonyl (C=O) groups excluding carboxylic acids is 5. The maximum atomic E-state index is 13.7. The number of aliphatic hydroxyl groups is 9. The van der Waals surface area contributed by atoms with Crippen LogP contribution in [0.2, 0.25) is 0 Å². The van der Waals surface area contributed by atoms with Gasteiger partial charge in [-0.3, -0.25) is 24.0 Å².